The van der Waals surface area contributed by atoms with E-state index in [9.17, 15) is 14.9 Å². The normalized spacial score (nSPS) is 10.8. The van der Waals surface area contributed by atoms with E-state index in [1.54, 1.807) is 36.4 Å². The van der Waals surface area contributed by atoms with Gasteiger partial charge in [0.25, 0.3) is 5.91 Å². The minimum absolute atomic E-state index is 0.0272. The quantitative estimate of drug-likeness (QED) is 0.436. The highest BCUT2D eigenvalue weighted by Crippen LogP contribution is 2.30. The maximum Gasteiger partial charge on any atom is 0.339 e. The molecule has 7 nitrogen and oxygen atoms in total. The lowest BCUT2D eigenvalue weighted by atomic mass is 10.1. The number of carbonyl (C=O) groups is 2. The van der Waals surface area contributed by atoms with Crippen LogP contribution < -0.4 is 14.8 Å². The number of hydrogen-bond donors (Lipinski definition) is 1. The van der Waals surface area contributed by atoms with E-state index < -0.39 is 11.9 Å². The number of ether oxygens (including phenoxy) is 3. The lowest BCUT2D eigenvalue weighted by molar-refractivity contribution is -0.112. The number of carbonyl (C=O) groups excluding carboxylic acids is 2. The van der Waals surface area contributed by atoms with Crippen LogP contribution in [0.5, 0.6) is 11.5 Å². The largest absolute Gasteiger partial charge is 0.493 e. The molecule has 7 heteroatoms. The van der Waals surface area contributed by atoms with Crippen LogP contribution in [0.1, 0.15) is 29.8 Å². The van der Waals surface area contributed by atoms with Gasteiger partial charge in [0.15, 0.2) is 11.5 Å². The number of anilines is 1. The summed E-state index contributed by atoms with van der Waals surface area (Å²) in [4.78, 5) is 24.4. The first kappa shape index (κ1) is 21.5. The molecule has 0 saturated heterocycles. The van der Waals surface area contributed by atoms with Crippen molar-refractivity contribution in [2.24, 2.45) is 0 Å². The van der Waals surface area contributed by atoms with Crippen LogP contribution in [0, 0.1) is 11.3 Å². The second-order valence-corrected chi connectivity index (χ2v) is 6.24. The van der Waals surface area contributed by atoms with Crippen molar-refractivity contribution in [3.8, 4) is 17.6 Å². The van der Waals surface area contributed by atoms with Gasteiger partial charge in [-0.15, -0.1) is 0 Å². The number of nitrogens with one attached hydrogen (secondary N) is 1. The van der Waals surface area contributed by atoms with E-state index in [4.69, 9.17) is 14.2 Å². The van der Waals surface area contributed by atoms with E-state index in [1.807, 2.05) is 19.9 Å². The molecule has 0 aliphatic carbocycles. The van der Waals surface area contributed by atoms with E-state index in [-0.39, 0.29) is 22.9 Å². The van der Waals surface area contributed by atoms with Crippen LogP contribution in [0.3, 0.4) is 0 Å². The molecule has 1 N–H and O–H groups in total. The molecule has 0 bridgehead atoms. The monoisotopic (exact) mass is 394 g/mol. The third kappa shape index (κ3) is 5.59. The molecular weight excluding hydrogens is 372 g/mol. The van der Waals surface area contributed by atoms with Gasteiger partial charge in [-0.05, 0) is 49.8 Å². The van der Waals surface area contributed by atoms with Crippen molar-refractivity contribution in [3.05, 3.63) is 59.2 Å². The maximum absolute atomic E-state index is 12.6. The Hall–Kier alpha value is -3.79. The van der Waals surface area contributed by atoms with E-state index in [0.29, 0.717) is 17.1 Å². The summed E-state index contributed by atoms with van der Waals surface area (Å²) in [6, 6.07) is 13.4. The molecule has 0 aliphatic rings. The van der Waals surface area contributed by atoms with Gasteiger partial charge in [0.2, 0.25) is 0 Å². The molecule has 2 aromatic carbocycles. The highest BCUT2D eigenvalue weighted by Gasteiger charge is 2.16. The summed E-state index contributed by atoms with van der Waals surface area (Å²) in [6.07, 6.45) is 1.40. The van der Waals surface area contributed by atoms with Gasteiger partial charge >= 0.3 is 5.97 Å². The predicted molar refractivity (Wildman–Crippen MR) is 109 cm³/mol. The fraction of sp³-hybridized carbons (Fsp3) is 0.227. The van der Waals surface area contributed by atoms with Gasteiger partial charge in [-0.2, -0.15) is 5.26 Å². The Morgan fingerprint density at radius 2 is 1.83 bits per heavy atom. The Morgan fingerprint density at radius 3 is 2.45 bits per heavy atom. The van der Waals surface area contributed by atoms with Gasteiger partial charge in [0.1, 0.15) is 11.6 Å². The van der Waals surface area contributed by atoms with Crippen molar-refractivity contribution in [1.82, 2.24) is 0 Å². The van der Waals surface area contributed by atoms with E-state index in [2.05, 4.69) is 5.32 Å². The van der Waals surface area contributed by atoms with Crippen LogP contribution in [-0.2, 0) is 9.53 Å². The molecule has 2 rings (SSSR count). The molecule has 0 radical (unpaired) electrons. The molecule has 2 aromatic rings. The zero-order valence-corrected chi connectivity index (χ0v) is 16.7. The Bertz CT molecular complexity index is 973. The average molecular weight is 394 g/mol. The van der Waals surface area contributed by atoms with Gasteiger partial charge in [-0.3, -0.25) is 4.79 Å². The molecule has 150 valence electrons. The van der Waals surface area contributed by atoms with Crippen molar-refractivity contribution >= 4 is 23.6 Å². The Kier molecular flexibility index (Phi) is 7.38. The first-order chi connectivity index (χ1) is 13.9. The minimum atomic E-state index is -0.648. The first-order valence-corrected chi connectivity index (χ1v) is 8.84. The van der Waals surface area contributed by atoms with Gasteiger partial charge in [-0.25, -0.2) is 4.79 Å². The summed E-state index contributed by atoms with van der Waals surface area (Å²) in [7, 11) is 2.76. The topological polar surface area (TPSA) is 97.7 Å². The van der Waals surface area contributed by atoms with Gasteiger partial charge in [0, 0.05) is 0 Å². The summed E-state index contributed by atoms with van der Waals surface area (Å²) >= 11 is 0. The molecule has 0 spiro atoms. The average Bonchev–Trinajstić information content (AvgIpc) is 2.72. The summed E-state index contributed by atoms with van der Waals surface area (Å²) in [6.45, 7) is 3.80. The number of rotatable bonds is 7. The van der Waals surface area contributed by atoms with Gasteiger partial charge in [0.05, 0.1) is 31.6 Å². The van der Waals surface area contributed by atoms with Crippen molar-refractivity contribution < 1.29 is 23.8 Å². The molecule has 0 unspecified atom stereocenters. The van der Waals surface area contributed by atoms with Crippen LogP contribution in [-0.4, -0.2) is 32.2 Å². The summed E-state index contributed by atoms with van der Waals surface area (Å²) in [5.41, 5.74) is 0.899. The number of esters is 1. The lowest BCUT2D eigenvalue weighted by Gasteiger charge is -2.14. The number of amides is 1. The molecule has 0 heterocycles. The smallest absolute Gasteiger partial charge is 0.339 e. The number of para-hydroxylation sites is 1. The number of benzene rings is 2. The predicted octanol–water partition coefficient (Wildman–Crippen LogP) is 3.81. The fourth-order valence-corrected chi connectivity index (χ4v) is 2.51. The molecule has 0 saturated carbocycles. The molecular formula is C22H22N2O5. The zero-order chi connectivity index (χ0) is 21.4. The first-order valence-electron chi connectivity index (χ1n) is 8.84. The Labute approximate surface area is 169 Å². The second kappa shape index (κ2) is 9.95. The van der Waals surface area contributed by atoms with Crippen molar-refractivity contribution in [1.29, 1.82) is 5.26 Å². The number of nitrogens with zero attached hydrogens (tertiary/aromatic N) is 1. The standard InChI is InChI=1S/C22H22N2O5/c1-14(2)29-19-10-9-15(12-20(19)27-3)11-16(13-23)21(25)24-18-8-6-5-7-17(18)22(26)28-4/h5-12,14H,1-4H3,(H,24,25)/b16-11-. The fourth-order valence-electron chi connectivity index (χ4n) is 2.51. The Morgan fingerprint density at radius 1 is 1.10 bits per heavy atom. The van der Waals surface area contributed by atoms with Crippen molar-refractivity contribution in [3.63, 3.8) is 0 Å². The van der Waals surface area contributed by atoms with Crippen LogP contribution in [0.2, 0.25) is 0 Å². The summed E-state index contributed by atoms with van der Waals surface area (Å²) < 4.78 is 15.7. The Balaban J connectivity index is 2.30. The zero-order valence-electron chi connectivity index (χ0n) is 16.7. The summed E-state index contributed by atoms with van der Waals surface area (Å²) in [5, 5.41) is 12.0. The maximum atomic E-state index is 12.6. The van der Waals surface area contributed by atoms with Crippen LogP contribution in [0.15, 0.2) is 48.0 Å². The third-order valence-corrected chi connectivity index (χ3v) is 3.81. The molecule has 0 atom stereocenters. The van der Waals surface area contributed by atoms with Crippen LogP contribution >= 0.6 is 0 Å². The van der Waals surface area contributed by atoms with E-state index in [0.717, 1.165) is 0 Å². The van der Waals surface area contributed by atoms with Crippen molar-refractivity contribution in [2.45, 2.75) is 20.0 Å². The number of nitriles is 1. The molecule has 0 aliphatic heterocycles. The van der Waals surface area contributed by atoms with Gasteiger partial charge < -0.3 is 19.5 Å². The van der Waals surface area contributed by atoms with Gasteiger partial charge in [-0.1, -0.05) is 18.2 Å². The molecule has 0 fully saturated rings. The summed E-state index contributed by atoms with van der Waals surface area (Å²) in [5.74, 6) is -0.185. The molecule has 1 amide bonds. The highest BCUT2D eigenvalue weighted by molar-refractivity contribution is 6.12. The third-order valence-electron chi connectivity index (χ3n) is 3.81. The van der Waals surface area contributed by atoms with E-state index >= 15 is 0 Å². The van der Waals surface area contributed by atoms with Crippen LogP contribution in [0.4, 0.5) is 5.69 Å². The number of methoxy groups -OCH3 is 2. The molecule has 29 heavy (non-hydrogen) atoms. The SMILES string of the molecule is COC(=O)c1ccccc1NC(=O)/C(C#N)=C\c1ccc(OC(C)C)c(OC)c1. The number of hydrogen-bond acceptors (Lipinski definition) is 6. The van der Waals surface area contributed by atoms with Crippen molar-refractivity contribution in [2.75, 3.05) is 19.5 Å². The highest BCUT2D eigenvalue weighted by atomic mass is 16.5. The second-order valence-electron chi connectivity index (χ2n) is 6.24. The molecule has 0 aromatic heterocycles. The minimum Gasteiger partial charge on any atom is -0.493 e. The van der Waals surface area contributed by atoms with E-state index in [1.165, 1.54) is 26.4 Å². The lowest BCUT2D eigenvalue weighted by Crippen LogP contribution is -2.16. The van der Waals surface area contributed by atoms with Crippen LogP contribution in [0.25, 0.3) is 6.08 Å².